The Morgan fingerprint density at radius 3 is 2.82 bits per heavy atom. The summed E-state index contributed by atoms with van der Waals surface area (Å²) < 4.78 is 26.1. The standard InChI is InChI=1S/C11H12F2N2O.ClH/c12-7-3-1-4-8(10(7)13)15-11(16)9-5-2-6-14-9;/h1,3-4,9,14H,2,5-6H2,(H,15,16);1H. The van der Waals surface area contributed by atoms with E-state index in [0.717, 1.165) is 25.5 Å². The first-order chi connectivity index (χ1) is 7.68. The topological polar surface area (TPSA) is 41.1 Å². The van der Waals surface area contributed by atoms with E-state index in [1.54, 1.807) is 0 Å². The van der Waals surface area contributed by atoms with Gasteiger partial charge in [-0.25, -0.2) is 8.78 Å². The molecule has 1 atom stereocenters. The molecule has 0 spiro atoms. The van der Waals surface area contributed by atoms with Gasteiger partial charge in [0, 0.05) is 0 Å². The Kier molecular flexibility index (Phi) is 4.84. The Morgan fingerprint density at radius 2 is 2.18 bits per heavy atom. The second kappa shape index (κ2) is 5.93. The van der Waals surface area contributed by atoms with Gasteiger partial charge in [0.1, 0.15) is 0 Å². The first-order valence-electron chi connectivity index (χ1n) is 5.17. The minimum atomic E-state index is -1.02. The third-order valence-corrected chi connectivity index (χ3v) is 2.59. The fourth-order valence-electron chi connectivity index (χ4n) is 1.73. The Morgan fingerprint density at radius 1 is 1.41 bits per heavy atom. The number of hydrogen-bond donors (Lipinski definition) is 2. The summed E-state index contributed by atoms with van der Waals surface area (Å²) >= 11 is 0. The monoisotopic (exact) mass is 262 g/mol. The number of carbonyl (C=O) groups is 1. The van der Waals surface area contributed by atoms with Crippen molar-refractivity contribution in [1.82, 2.24) is 5.32 Å². The van der Waals surface area contributed by atoms with E-state index in [2.05, 4.69) is 10.6 Å². The molecule has 0 radical (unpaired) electrons. The van der Waals surface area contributed by atoms with Crippen LogP contribution in [0.5, 0.6) is 0 Å². The molecule has 2 rings (SSSR count). The molecular formula is C11H13ClF2N2O. The molecule has 1 aromatic carbocycles. The molecule has 17 heavy (non-hydrogen) atoms. The predicted octanol–water partition coefficient (Wildman–Crippen LogP) is 2.08. The van der Waals surface area contributed by atoms with Crippen LogP contribution in [-0.4, -0.2) is 18.5 Å². The molecule has 6 heteroatoms. The molecule has 94 valence electrons. The maximum atomic E-state index is 13.2. The molecule has 3 nitrogen and oxygen atoms in total. The molecule has 1 aromatic rings. The van der Waals surface area contributed by atoms with Gasteiger partial charge in [0.25, 0.3) is 0 Å². The van der Waals surface area contributed by atoms with E-state index in [-0.39, 0.29) is 30.0 Å². The molecular weight excluding hydrogens is 250 g/mol. The van der Waals surface area contributed by atoms with Gasteiger partial charge < -0.3 is 10.6 Å². The first-order valence-corrected chi connectivity index (χ1v) is 5.17. The number of amides is 1. The van der Waals surface area contributed by atoms with Crippen LogP contribution in [0.4, 0.5) is 14.5 Å². The van der Waals surface area contributed by atoms with Gasteiger partial charge in [-0.05, 0) is 31.5 Å². The zero-order valence-corrected chi connectivity index (χ0v) is 9.82. The summed E-state index contributed by atoms with van der Waals surface area (Å²) in [4.78, 5) is 11.6. The number of benzene rings is 1. The van der Waals surface area contributed by atoms with Crippen LogP contribution in [-0.2, 0) is 4.79 Å². The van der Waals surface area contributed by atoms with E-state index in [1.165, 1.54) is 12.1 Å². The van der Waals surface area contributed by atoms with E-state index < -0.39 is 11.6 Å². The van der Waals surface area contributed by atoms with Crippen LogP contribution < -0.4 is 10.6 Å². The average molecular weight is 263 g/mol. The van der Waals surface area contributed by atoms with Crippen molar-refractivity contribution < 1.29 is 13.6 Å². The lowest BCUT2D eigenvalue weighted by Gasteiger charge is -2.11. The molecule has 0 saturated carbocycles. The van der Waals surface area contributed by atoms with Gasteiger partial charge in [0.2, 0.25) is 5.91 Å². The van der Waals surface area contributed by atoms with Crippen molar-refractivity contribution in [3.05, 3.63) is 29.8 Å². The van der Waals surface area contributed by atoms with E-state index in [1.807, 2.05) is 0 Å². The van der Waals surface area contributed by atoms with Gasteiger partial charge >= 0.3 is 0 Å². The first kappa shape index (κ1) is 13.9. The smallest absolute Gasteiger partial charge is 0.241 e. The summed E-state index contributed by atoms with van der Waals surface area (Å²) in [6, 6.07) is 3.41. The Labute approximate surface area is 104 Å². The molecule has 1 saturated heterocycles. The van der Waals surface area contributed by atoms with Crippen molar-refractivity contribution in [3.8, 4) is 0 Å². The minimum Gasteiger partial charge on any atom is -0.322 e. The molecule has 0 aromatic heterocycles. The highest BCUT2D eigenvalue weighted by atomic mass is 35.5. The maximum absolute atomic E-state index is 13.2. The van der Waals surface area contributed by atoms with E-state index >= 15 is 0 Å². The third-order valence-electron chi connectivity index (χ3n) is 2.59. The van der Waals surface area contributed by atoms with Gasteiger partial charge in [-0.1, -0.05) is 6.07 Å². The second-order valence-electron chi connectivity index (χ2n) is 3.74. The van der Waals surface area contributed by atoms with Crippen LogP contribution in [0, 0.1) is 11.6 Å². The minimum absolute atomic E-state index is 0. The van der Waals surface area contributed by atoms with Gasteiger partial charge in [0.05, 0.1) is 11.7 Å². The average Bonchev–Trinajstić information content (AvgIpc) is 2.78. The van der Waals surface area contributed by atoms with Crippen molar-refractivity contribution in [1.29, 1.82) is 0 Å². The Balaban J connectivity index is 0.00000144. The highest BCUT2D eigenvalue weighted by molar-refractivity contribution is 5.95. The maximum Gasteiger partial charge on any atom is 0.241 e. The number of rotatable bonds is 2. The second-order valence-corrected chi connectivity index (χ2v) is 3.74. The fraction of sp³-hybridized carbons (Fsp3) is 0.364. The highest BCUT2D eigenvalue weighted by Gasteiger charge is 2.23. The summed E-state index contributed by atoms with van der Waals surface area (Å²) in [5.74, 6) is -2.30. The van der Waals surface area contributed by atoms with Crippen LogP contribution in [0.3, 0.4) is 0 Å². The van der Waals surface area contributed by atoms with Gasteiger partial charge in [-0.3, -0.25) is 4.79 Å². The largest absolute Gasteiger partial charge is 0.322 e. The summed E-state index contributed by atoms with van der Waals surface area (Å²) in [5, 5.41) is 5.36. The molecule has 1 fully saturated rings. The summed E-state index contributed by atoms with van der Waals surface area (Å²) in [7, 11) is 0. The lowest BCUT2D eigenvalue weighted by molar-refractivity contribution is -0.117. The Bertz CT molecular complexity index is 408. The normalized spacial score (nSPS) is 18.6. The van der Waals surface area contributed by atoms with Gasteiger partial charge in [-0.15, -0.1) is 12.4 Å². The number of carbonyl (C=O) groups excluding carboxylic acids is 1. The number of hydrogen-bond acceptors (Lipinski definition) is 2. The van der Waals surface area contributed by atoms with Crippen molar-refractivity contribution in [3.63, 3.8) is 0 Å². The molecule has 1 amide bonds. The van der Waals surface area contributed by atoms with Crippen LogP contribution in [0.25, 0.3) is 0 Å². The van der Waals surface area contributed by atoms with Crippen molar-refractivity contribution in [2.75, 3.05) is 11.9 Å². The number of anilines is 1. The van der Waals surface area contributed by atoms with Crippen LogP contribution in [0.1, 0.15) is 12.8 Å². The van der Waals surface area contributed by atoms with E-state index in [4.69, 9.17) is 0 Å². The van der Waals surface area contributed by atoms with Crippen LogP contribution in [0.2, 0.25) is 0 Å². The lowest BCUT2D eigenvalue weighted by Crippen LogP contribution is -2.35. The van der Waals surface area contributed by atoms with E-state index in [0.29, 0.717) is 0 Å². The van der Waals surface area contributed by atoms with E-state index in [9.17, 15) is 13.6 Å². The highest BCUT2D eigenvalue weighted by Crippen LogP contribution is 2.17. The van der Waals surface area contributed by atoms with Gasteiger partial charge in [0.15, 0.2) is 11.6 Å². The zero-order valence-electron chi connectivity index (χ0n) is 9.00. The molecule has 2 N–H and O–H groups in total. The SMILES string of the molecule is Cl.O=C(Nc1cccc(F)c1F)C1CCCN1. The molecule has 1 unspecified atom stereocenters. The fourth-order valence-corrected chi connectivity index (χ4v) is 1.73. The van der Waals surface area contributed by atoms with Crippen LogP contribution in [0.15, 0.2) is 18.2 Å². The third kappa shape index (κ3) is 3.14. The van der Waals surface area contributed by atoms with Crippen LogP contribution >= 0.6 is 12.4 Å². The van der Waals surface area contributed by atoms with Crippen molar-refractivity contribution >= 4 is 24.0 Å². The molecule has 0 aliphatic carbocycles. The van der Waals surface area contributed by atoms with Gasteiger partial charge in [-0.2, -0.15) is 0 Å². The number of halogens is 3. The number of nitrogens with one attached hydrogen (secondary N) is 2. The quantitative estimate of drug-likeness (QED) is 0.857. The Hall–Kier alpha value is -1.20. The molecule has 1 heterocycles. The summed E-state index contributed by atoms with van der Waals surface area (Å²) in [5.41, 5.74) is -0.112. The predicted molar refractivity (Wildman–Crippen MR) is 63.3 cm³/mol. The summed E-state index contributed by atoms with van der Waals surface area (Å²) in [6.07, 6.45) is 1.65. The summed E-state index contributed by atoms with van der Waals surface area (Å²) in [6.45, 7) is 0.781. The molecule has 1 aliphatic heterocycles. The molecule has 1 aliphatic rings. The zero-order chi connectivity index (χ0) is 11.5. The molecule has 0 bridgehead atoms. The van der Waals surface area contributed by atoms with Crippen molar-refractivity contribution in [2.45, 2.75) is 18.9 Å². The lowest BCUT2D eigenvalue weighted by atomic mass is 10.2. The van der Waals surface area contributed by atoms with Crippen molar-refractivity contribution in [2.24, 2.45) is 0 Å².